The Morgan fingerprint density at radius 1 is 1.16 bits per heavy atom. The van der Waals surface area contributed by atoms with Crippen molar-refractivity contribution in [3.05, 3.63) is 47.2 Å². The van der Waals surface area contributed by atoms with E-state index < -0.39 is 11.4 Å². The molecule has 3 heterocycles. The molecule has 1 unspecified atom stereocenters. The molecule has 1 atom stereocenters. The molecule has 3 aliphatic carbocycles. The summed E-state index contributed by atoms with van der Waals surface area (Å²) in [4.78, 5) is 23.7. The van der Waals surface area contributed by atoms with E-state index in [1.807, 2.05) is 6.07 Å². The van der Waals surface area contributed by atoms with Gasteiger partial charge in [-0.1, -0.05) is 36.2 Å². The van der Waals surface area contributed by atoms with Crippen LogP contribution in [-0.2, 0) is 16.6 Å². The number of carbonyl (C=O) groups is 1. The van der Waals surface area contributed by atoms with Crippen molar-refractivity contribution in [3.8, 4) is 28.7 Å². The normalized spacial score (nSPS) is 24.2. The number of benzene rings is 1. The average molecular weight is 515 g/mol. The highest BCUT2D eigenvalue weighted by molar-refractivity contribution is 5.78. The maximum absolute atomic E-state index is 11.7. The summed E-state index contributed by atoms with van der Waals surface area (Å²) < 4.78 is 11.3. The van der Waals surface area contributed by atoms with Gasteiger partial charge in [0, 0.05) is 47.3 Å². The summed E-state index contributed by atoms with van der Waals surface area (Å²) in [5.74, 6) is 1.50. The fourth-order valence-electron chi connectivity index (χ4n) is 7.23. The molecule has 1 aliphatic heterocycles. The van der Waals surface area contributed by atoms with E-state index in [0.29, 0.717) is 30.1 Å². The smallest absolute Gasteiger partial charge is 0.310 e. The van der Waals surface area contributed by atoms with Crippen LogP contribution >= 0.6 is 0 Å². The minimum atomic E-state index is -0.636. The van der Waals surface area contributed by atoms with Gasteiger partial charge in [-0.15, -0.1) is 0 Å². The van der Waals surface area contributed by atoms with Crippen molar-refractivity contribution >= 4 is 5.97 Å². The third-order valence-electron chi connectivity index (χ3n) is 9.59. The predicted molar refractivity (Wildman–Crippen MR) is 141 cm³/mol. The number of pyridine rings is 1. The van der Waals surface area contributed by atoms with Crippen LogP contribution in [-0.4, -0.2) is 57.8 Å². The van der Waals surface area contributed by atoms with Gasteiger partial charge in [0.25, 0.3) is 5.89 Å². The van der Waals surface area contributed by atoms with Gasteiger partial charge in [-0.05, 0) is 68.7 Å². The number of ether oxygens (including phenoxy) is 1. The number of fused-ring (bicyclic) bond motifs is 2. The molecule has 0 bridgehead atoms. The lowest BCUT2D eigenvalue weighted by Gasteiger charge is -2.27. The van der Waals surface area contributed by atoms with Gasteiger partial charge < -0.3 is 19.3 Å². The van der Waals surface area contributed by atoms with Crippen molar-refractivity contribution < 1.29 is 19.2 Å². The molecule has 1 saturated heterocycles. The number of rotatable bonds is 7. The molecule has 38 heavy (non-hydrogen) atoms. The largest absolute Gasteiger partial charge is 0.481 e. The molecule has 2 aromatic heterocycles. The van der Waals surface area contributed by atoms with Crippen LogP contribution in [0.3, 0.4) is 0 Å². The SMILES string of the molecule is COc1cc(-c2nc(-c3cccc4c3CCC43CCN(CC4(C(=O)O)CC4)C3)no2)cc(C2CCCC2)n1. The Balaban J connectivity index is 1.16. The van der Waals surface area contributed by atoms with Crippen molar-refractivity contribution in [2.45, 2.75) is 69.1 Å². The van der Waals surface area contributed by atoms with Crippen molar-refractivity contribution in [1.29, 1.82) is 0 Å². The Morgan fingerprint density at radius 2 is 2.00 bits per heavy atom. The molecule has 2 saturated carbocycles. The zero-order valence-corrected chi connectivity index (χ0v) is 21.9. The monoisotopic (exact) mass is 514 g/mol. The first kappa shape index (κ1) is 23.8. The molecule has 3 aromatic rings. The molecule has 1 aromatic carbocycles. The van der Waals surface area contributed by atoms with Gasteiger partial charge in [-0.3, -0.25) is 4.79 Å². The highest BCUT2D eigenvalue weighted by Crippen LogP contribution is 2.51. The second-order valence-corrected chi connectivity index (χ2v) is 11.9. The fourth-order valence-corrected chi connectivity index (χ4v) is 7.23. The van der Waals surface area contributed by atoms with Crippen LogP contribution in [0.25, 0.3) is 22.8 Å². The highest BCUT2D eigenvalue weighted by Gasteiger charge is 2.53. The number of carboxylic acids is 1. The van der Waals surface area contributed by atoms with E-state index in [0.717, 1.165) is 74.9 Å². The Kier molecular flexibility index (Phi) is 5.58. The predicted octanol–water partition coefficient (Wildman–Crippen LogP) is 5.22. The number of likely N-dealkylation sites (tertiary alicyclic amines) is 1. The summed E-state index contributed by atoms with van der Waals surface area (Å²) in [6.07, 6.45) is 9.51. The van der Waals surface area contributed by atoms with E-state index in [2.05, 4.69) is 34.3 Å². The minimum Gasteiger partial charge on any atom is -0.481 e. The van der Waals surface area contributed by atoms with E-state index in [1.165, 1.54) is 24.0 Å². The number of carboxylic acid groups (broad SMARTS) is 1. The fraction of sp³-hybridized carbons (Fsp3) is 0.533. The summed E-state index contributed by atoms with van der Waals surface area (Å²) in [5, 5.41) is 14.1. The molecule has 4 aliphatic rings. The quantitative estimate of drug-likeness (QED) is 0.458. The first-order chi connectivity index (χ1) is 18.5. The zero-order chi connectivity index (χ0) is 25.9. The Bertz CT molecular complexity index is 1390. The van der Waals surface area contributed by atoms with Gasteiger partial charge in [0.2, 0.25) is 11.7 Å². The van der Waals surface area contributed by atoms with Crippen molar-refractivity contribution in [1.82, 2.24) is 20.0 Å². The molecule has 1 N–H and O–H groups in total. The van der Waals surface area contributed by atoms with Gasteiger partial charge in [-0.2, -0.15) is 4.98 Å². The maximum atomic E-state index is 11.7. The van der Waals surface area contributed by atoms with Crippen LogP contribution in [0.2, 0.25) is 0 Å². The third kappa shape index (κ3) is 3.92. The van der Waals surface area contributed by atoms with Crippen LogP contribution in [0.4, 0.5) is 0 Å². The van der Waals surface area contributed by atoms with Gasteiger partial charge in [0.05, 0.1) is 12.5 Å². The molecular formula is C30H34N4O4. The lowest BCUT2D eigenvalue weighted by atomic mass is 9.81. The molecular weight excluding hydrogens is 480 g/mol. The van der Waals surface area contributed by atoms with Crippen molar-refractivity contribution in [2.75, 3.05) is 26.7 Å². The first-order valence-electron chi connectivity index (χ1n) is 14.0. The van der Waals surface area contributed by atoms with Crippen LogP contribution in [0.5, 0.6) is 5.88 Å². The third-order valence-corrected chi connectivity index (χ3v) is 9.59. The van der Waals surface area contributed by atoms with Crippen LogP contribution in [0, 0.1) is 5.41 Å². The summed E-state index contributed by atoms with van der Waals surface area (Å²) in [5.41, 5.74) is 5.18. The number of methoxy groups -OCH3 is 1. The summed E-state index contributed by atoms with van der Waals surface area (Å²) >= 11 is 0. The number of aromatic nitrogens is 3. The summed E-state index contributed by atoms with van der Waals surface area (Å²) in [6, 6.07) is 10.4. The van der Waals surface area contributed by atoms with Gasteiger partial charge >= 0.3 is 5.97 Å². The standard InChI is InChI=1S/C30H34N4O4/c1-37-25-16-20(15-24(31-25)19-5-2-3-6-19)27-32-26(33-38-27)22-7-4-8-23-21(22)9-10-29(23)13-14-34(17-29)18-30(11-12-30)28(35)36/h4,7-8,15-16,19H,2-3,5-6,9-14,17-18H2,1H3,(H,35,36). The van der Waals surface area contributed by atoms with Gasteiger partial charge in [0.15, 0.2) is 0 Å². The topological polar surface area (TPSA) is 102 Å². The molecule has 8 nitrogen and oxygen atoms in total. The zero-order valence-electron chi connectivity index (χ0n) is 21.9. The van der Waals surface area contributed by atoms with Gasteiger partial charge in [0.1, 0.15) is 0 Å². The summed E-state index contributed by atoms with van der Waals surface area (Å²) in [6.45, 7) is 2.56. The number of hydrogen-bond donors (Lipinski definition) is 1. The summed E-state index contributed by atoms with van der Waals surface area (Å²) in [7, 11) is 1.64. The van der Waals surface area contributed by atoms with Crippen LogP contribution < -0.4 is 4.74 Å². The minimum absolute atomic E-state index is 0.0845. The first-order valence-corrected chi connectivity index (χ1v) is 14.0. The molecule has 1 spiro atoms. The molecule has 198 valence electrons. The van der Waals surface area contributed by atoms with E-state index in [-0.39, 0.29) is 5.41 Å². The van der Waals surface area contributed by atoms with Crippen LogP contribution in [0.1, 0.15) is 74.1 Å². The van der Waals surface area contributed by atoms with E-state index >= 15 is 0 Å². The van der Waals surface area contributed by atoms with Crippen molar-refractivity contribution in [2.24, 2.45) is 5.41 Å². The van der Waals surface area contributed by atoms with E-state index in [4.69, 9.17) is 19.2 Å². The Labute approximate surface area is 222 Å². The average Bonchev–Trinajstić information content (AvgIpc) is 3.43. The van der Waals surface area contributed by atoms with E-state index in [9.17, 15) is 9.90 Å². The molecule has 0 radical (unpaired) electrons. The number of hydrogen-bond acceptors (Lipinski definition) is 7. The van der Waals surface area contributed by atoms with Crippen molar-refractivity contribution in [3.63, 3.8) is 0 Å². The lowest BCUT2D eigenvalue weighted by molar-refractivity contribution is -0.144. The van der Waals surface area contributed by atoms with Crippen LogP contribution in [0.15, 0.2) is 34.9 Å². The number of nitrogens with zero attached hydrogens (tertiary/aromatic N) is 4. The molecule has 3 fully saturated rings. The molecule has 7 rings (SSSR count). The van der Waals surface area contributed by atoms with E-state index in [1.54, 1.807) is 7.11 Å². The Hall–Kier alpha value is -3.26. The lowest BCUT2D eigenvalue weighted by Crippen LogP contribution is -2.35. The Morgan fingerprint density at radius 3 is 2.76 bits per heavy atom. The number of aliphatic carboxylic acids is 1. The second kappa shape index (κ2) is 8.90. The highest BCUT2D eigenvalue weighted by atomic mass is 16.5. The molecule has 0 amide bonds. The molecule has 8 heteroatoms. The second-order valence-electron chi connectivity index (χ2n) is 11.9. The maximum Gasteiger partial charge on any atom is 0.310 e. The van der Waals surface area contributed by atoms with Gasteiger partial charge in [-0.25, -0.2) is 4.98 Å².